The lowest BCUT2D eigenvalue weighted by atomic mass is 10.2. The predicted molar refractivity (Wildman–Crippen MR) is 62.9 cm³/mol. The molecule has 0 fully saturated rings. The molecule has 1 aromatic rings. The normalized spacial score (nSPS) is 10.6. The highest BCUT2D eigenvalue weighted by Gasteiger charge is 2.21. The predicted octanol–water partition coefficient (Wildman–Crippen LogP) is 3.45. The number of ether oxygens (including phenoxy) is 1. The van der Waals surface area contributed by atoms with E-state index < -0.39 is 12.4 Å². The van der Waals surface area contributed by atoms with Gasteiger partial charge in [-0.15, -0.1) is 0 Å². The average molecular weight is 362 g/mol. The van der Waals surface area contributed by atoms with Crippen LogP contribution in [0.3, 0.4) is 0 Å². The molecular weight excluding hydrogens is 354 g/mol. The summed E-state index contributed by atoms with van der Waals surface area (Å²) in [7, 11) is 0. The van der Waals surface area contributed by atoms with E-state index in [1.54, 1.807) is 29.5 Å². The summed E-state index contributed by atoms with van der Waals surface area (Å²) in [6.07, 6.45) is -2.71. The van der Waals surface area contributed by atoms with Gasteiger partial charge in [0.05, 0.1) is 10.2 Å². The molecule has 0 radical (unpaired) electrons. The molecule has 0 amide bonds. The highest BCUT2D eigenvalue weighted by Crippen LogP contribution is 2.28. The molecule has 0 aliphatic heterocycles. The number of nitrogens with zero attached hydrogens (tertiary/aromatic N) is 1. The van der Waals surface area contributed by atoms with E-state index >= 15 is 0 Å². The van der Waals surface area contributed by atoms with Gasteiger partial charge in [-0.3, -0.25) is 0 Å². The van der Waals surface area contributed by atoms with Gasteiger partial charge in [0, 0.05) is 5.56 Å². The minimum Gasteiger partial charge on any atom is -0.461 e. The maximum atomic E-state index is 12.6. The third-order valence-corrected chi connectivity index (χ3v) is 2.99. The van der Waals surface area contributed by atoms with Gasteiger partial charge in [0.15, 0.2) is 5.69 Å². The Balaban J connectivity index is 3.24. The Morgan fingerprint density at radius 2 is 2.31 bits per heavy atom. The van der Waals surface area contributed by atoms with Crippen LogP contribution in [-0.2, 0) is 4.74 Å². The van der Waals surface area contributed by atoms with Gasteiger partial charge in [-0.1, -0.05) is 11.6 Å². The molecular formula is C9H7ClF2INO2. The molecule has 0 spiro atoms. The molecule has 0 aliphatic rings. The van der Waals surface area contributed by atoms with E-state index in [4.69, 9.17) is 11.6 Å². The van der Waals surface area contributed by atoms with Crippen LogP contribution >= 0.6 is 34.2 Å². The first-order chi connectivity index (χ1) is 7.47. The molecule has 0 saturated carbocycles. The molecule has 0 N–H and O–H groups in total. The van der Waals surface area contributed by atoms with Gasteiger partial charge < -0.3 is 4.74 Å². The molecule has 0 bridgehead atoms. The van der Waals surface area contributed by atoms with Crippen molar-refractivity contribution in [1.82, 2.24) is 4.98 Å². The lowest BCUT2D eigenvalue weighted by Gasteiger charge is -2.08. The van der Waals surface area contributed by atoms with E-state index in [2.05, 4.69) is 9.72 Å². The Bertz CT molecular complexity index is 415. The van der Waals surface area contributed by atoms with Crippen molar-refractivity contribution < 1.29 is 18.3 Å². The molecule has 1 aromatic heterocycles. The molecule has 0 unspecified atom stereocenters. The Kier molecular flexibility index (Phi) is 4.85. The van der Waals surface area contributed by atoms with Gasteiger partial charge in [0.2, 0.25) is 0 Å². The fourth-order valence-electron chi connectivity index (χ4n) is 1.01. The zero-order valence-electron chi connectivity index (χ0n) is 8.14. The van der Waals surface area contributed by atoms with Gasteiger partial charge >= 0.3 is 5.97 Å². The minimum atomic E-state index is -2.71. The number of hydrogen-bond acceptors (Lipinski definition) is 3. The highest BCUT2D eigenvalue weighted by atomic mass is 127. The van der Waals surface area contributed by atoms with Gasteiger partial charge in [0.1, 0.15) is 5.15 Å². The third-order valence-electron chi connectivity index (χ3n) is 1.66. The SMILES string of the molecule is CCOC(=O)c1nc(Cl)cc(C(F)F)c1I. The first kappa shape index (κ1) is 13.6. The first-order valence-electron chi connectivity index (χ1n) is 4.28. The van der Waals surface area contributed by atoms with Crippen LogP contribution in [0.5, 0.6) is 0 Å². The second kappa shape index (κ2) is 5.72. The van der Waals surface area contributed by atoms with Crippen LogP contribution in [0.2, 0.25) is 5.15 Å². The van der Waals surface area contributed by atoms with Gasteiger partial charge in [-0.05, 0) is 35.6 Å². The van der Waals surface area contributed by atoms with Crippen molar-refractivity contribution in [3.8, 4) is 0 Å². The Hall–Kier alpha value is -0.500. The number of hydrogen-bond donors (Lipinski definition) is 0. The standard InChI is InChI=1S/C9H7ClF2INO2/c1-2-16-9(15)7-6(13)4(8(11)12)3-5(10)14-7/h3,8H,2H2,1H3. The topological polar surface area (TPSA) is 39.2 Å². The van der Waals surface area contributed by atoms with Crippen molar-refractivity contribution in [1.29, 1.82) is 0 Å². The van der Waals surface area contributed by atoms with Crippen LogP contribution in [0.1, 0.15) is 29.4 Å². The van der Waals surface area contributed by atoms with Gasteiger partial charge in [-0.25, -0.2) is 18.6 Å². The van der Waals surface area contributed by atoms with Crippen LogP contribution in [0, 0.1) is 3.57 Å². The van der Waals surface area contributed by atoms with E-state index in [1.165, 1.54) is 0 Å². The van der Waals surface area contributed by atoms with Crippen molar-refractivity contribution in [3.63, 3.8) is 0 Å². The molecule has 0 atom stereocenters. The van der Waals surface area contributed by atoms with Crippen LogP contribution in [0.4, 0.5) is 8.78 Å². The summed E-state index contributed by atoms with van der Waals surface area (Å²) in [4.78, 5) is 15.1. The number of rotatable bonds is 3. The molecule has 1 rings (SSSR count). The largest absolute Gasteiger partial charge is 0.461 e. The summed E-state index contributed by atoms with van der Waals surface area (Å²) in [6.45, 7) is 1.76. The molecule has 0 saturated heterocycles. The summed E-state index contributed by atoms with van der Waals surface area (Å²) in [6, 6.07) is 1.04. The van der Waals surface area contributed by atoms with Gasteiger partial charge in [0.25, 0.3) is 6.43 Å². The summed E-state index contributed by atoms with van der Waals surface area (Å²) in [5, 5.41) is -0.154. The second-order valence-electron chi connectivity index (χ2n) is 2.72. The van der Waals surface area contributed by atoms with E-state index in [0.717, 1.165) is 6.07 Å². The van der Waals surface area contributed by atoms with Crippen LogP contribution < -0.4 is 0 Å². The lowest BCUT2D eigenvalue weighted by molar-refractivity contribution is 0.0517. The Labute approximate surface area is 109 Å². The minimum absolute atomic E-state index is 0.0652. The zero-order chi connectivity index (χ0) is 12.3. The van der Waals surface area contributed by atoms with Crippen LogP contribution in [-0.4, -0.2) is 17.6 Å². The van der Waals surface area contributed by atoms with Crippen molar-refractivity contribution in [2.75, 3.05) is 6.61 Å². The van der Waals surface area contributed by atoms with E-state index in [1.807, 2.05) is 0 Å². The quantitative estimate of drug-likeness (QED) is 0.470. The molecule has 1 heterocycles. The van der Waals surface area contributed by atoms with E-state index in [9.17, 15) is 13.6 Å². The van der Waals surface area contributed by atoms with Crippen molar-refractivity contribution in [2.45, 2.75) is 13.3 Å². The molecule has 3 nitrogen and oxygen atoms in total. The number of aromatic nitrogens is 1. The molecule has 88 valence electrons. The molecule has 0 aliphatic carbocycles. The summed E-state index contributed by atoms with van der Waals surface area (Å²) in [5.41, 5.74) is -0.492. The maximum Gasteiger partial charge on any atom is 0.358 e. The fourth-order valence-corrected chi connectivity index (χ4v) is 1.94. The highest BCUT2D eigenvalue weighted by molar-refractivity contribution is 14.1. The summed E-state index contributed by atoms with van der Waals surface area (Å²) >= 11 is 7.18. The number of halogens is 4. The monoisotopic (exact) mass is 361 g/mol. The van der Waals surface area contributed by atoms with Gasteiger partial charge in [-0.2, -0.15) is 0 Å². The molecule has 16 heavy (non-hydrogen) atoms. The van der Waals surface area contributed by atoms with Crippen LogP contribution in [0.25, 0.3) is 0 Å². The van der Waals surface area contributed by atoms with Crippen molar-refractivity contribution in [2.24, 2.45) is 0 Å². The first-order valence-corrected chi connectivity index (χ1v) is 5.74. The van der Waals surface area contributed by atoms with E-state index in [0.29, 0.717) is 0 Å². The van der Waals surface area contributed by atoms with Crippen molar-refractivity contribution >= 4 is 40.2 Å². The fraction of sp³-hybridized carbons (Fsp3) is 0.333. The zero-order valence-corrected chi connectivity index (χ0v) is 11.1. The number of pyridine rings is 1. The number of carbonyl (C=O) groups is 1. The lowest BCUT2D eigenvalue weighted by Crippen LogP contribution is -2.11. The van der Waals surface area contributed by atoms with Crippen LogP contribution in [0.15, 0.2) is 6.07 Å². The smallest absolute Gasteiger partial charge is 0.358 e. The third kappa shape index (κ3) is 3.00. The summed E-state index contributed by atoms with van der Waals surface area (Å²) in [5.74, 6) is -0.753. The Morgan fingerprint density at radius 3 is 2.81 bits per heavy atom. The summed E-state index contributed by atoms with van der Waals surface area (Å²) < 4.78 is 29.9. The number of alkyl halides is 2. The maximum absolute atomic E-state index is 12.6. The number of carbonyl (C=O) groups excluding carboxylic acids is 1. The molecule has 7 heteroatoms. The van der Waals surface area contributed by atoms with Crippen molar-refractivity contribution in [3.05, 3.63) is 26.0 Å². The Morgan fingerprint density at radius 1 is 1.69 bits per heavy atom. The second-order valence-corrected chi connectivity index (χ2v) is 4.18. The number of esters is 1. The average Bonchev–Trinajstić information content (AvgIpc) is 2.20. The molecule has 0 aromatic carbocycles. The van der Waals surface area contributed by atoms with E-state index in [-0.39, 0.29) is 26.6 Å².